The number of hydrogen-bond acceptors (Lipinski definition) is 6. The Morgan fingerprint density at radius 2 is 2.15 bits per heavy atom. The zero-order chi connectivity index (χ0) is 13.9. The Labute approximate surface area is 118 Å². The zero-order valence-electron chi connectivity index (χ0n) is 10.3. The summed E-state index contributed by atoms with van der Waals surface area (Å²) in [5.74, 6) is -1.11. The normalized spacial score (nSPS) is 10.6. The molecule has 0 spiro atoms. The molecular formula is C13H10N4O2S. The summed E-state index contributed by atoms with van der Waals surface area (Å²) in [5, 5.41) is 22.7. The monoisotopic (exact) mass is 286 g/mol. The van der Waals surface area contributed by atoms with Gasteiger partial charge in [0.15, 0.2) is 5.69 Å². The number of aromatic carboxylic acids is 1. The molecule has 2 heterocycles. The molecule has 100 valence electrons. The minimum atomic E-state index is -1.11. The van der Waals surface area contributed by atoms with Gasteiger partial charge in [0.25, 0.3) is 0 Å². The van der Waals surface area contributed by atoms with E-state index in [-0.39, 0.29) is 5.69 Å². The highest BCUT2D eigenvalue weighted by molar-refractivity contribution is 7.07. The third-order valence-electron chi connectivity index (χ3n) is 2.80. The smallest absolute Gasteiger partial charge is 0.358 e. The Hall–Kier alpha value is -2.54. The number of benzene rings is 1. The van der Waals surface area contributed by atoms with Crippen LogP contribution in [0.2, 0.25) is 0 Å². The van der Waals surface area contributed by atoms with E-state index >= 15 is 0 Å². The van der Waals surface area contributed by atoms with E-state index in [1.165, 1.54) is 11.3 Å². The third-order valence-corrected chi connectivity index (χ3v) is 3.44. The summed E-state index contributed by atoms with van der Waals surface area (Å²) in [4.78, 5) is 15.4. The molecule has 0 fully saturated rings. The number of thiazole rings is 1. The second-order valence-electron chi connectivity index (χ2n) is 4.08. The van der Waals surface area contributed by atoms with Gasteiger partial charge in [-0.05, 0) is 6.07 Å². The molecule has 0 saturated heterocycles. The van der Waals surface area contributed by atoms with Gasteiger partial charge in [0.1, 0.15) is 0 Å². The molecule has 6 nitrogen and oxygen atoms in total. The van der Waals surface area contributed by atoms with Crippen LogP contribution in [0.1, 0.15) is 16.2 Å². The van der Waals surface area contributed by atoms with Crippen LogP contribution in [0.5, 0.6) is 0 Å². The van der Waals surface area contributed by atoms with E-state index in [0.717, 1.165) is 11.1 Å². The van der Waals surface area contributed by atoms with Crippen molar-refractivity contribution in [1.29, 1.82) is 0 Å². The van der Waals surface area contributed by atoms with Gasteiger partial charge in [-0.15, -0.1) is 21.5 Å². The second-order valence-corrected chi connectivity index (χ2v) is 4.80. The van der Waals surface area contributed by atoms with Gasteiger partial charge in [0.2, 0.25) is 0 Å². The maximum atomic E-state index is 11.3. The Bertz CT molecular complexity index is 758. The lowest BCUT2D eigenvalue weighted by Crippen LogP contribution is -2.10. The van der Waals surface area contributed by atoms with Crippen LogP contribution < -0.4 is 5.32 Å². The van der Waals surface area contributed by atoms with E-state index in [1.807, 2.05) is 23.6 Å². The number of carboxylic acids is 1. The standard InChI is InChI=1S/C13H10N4O2S/c18-13(19)12-11(14-5-8-6-20-7-15-8)9-3-1-2-4-10(9)16-17-12/h1-4,6-7H,5H2,(H,14,16)(H,18,19). The number of nitrogens with one attached hydrogen (secondary N) is 1. The van der Waals surface area contributed by atoms with Crippen LogP contribution in [-0.2, 0) is 6.54 Å². The van der Waals surface area contributed by atoms with Crippen molar-refractivity contribution in [2.75, 3.05) is 5.32 Å². The Balaban J connectivity index is 2.05. The average molecular weight is 286 g/mol. The van der Waals surface area contributed by atoms with Gasteiger partial charge in [-0.3, -0.25) is 0 Å². The number of carbonyl (C=O) groups is 1. The molecule has 2 aromatic heterocycles. The van der Waals surface area contributed by atoms with E-state index < -0.39 is 5.97 Å². The highest BCUT2D eigenvalue weighted by Crippen LogP contribution is 2.24. The van der Waals surface area contributed by atoms with Crippen LogP contribution >= 0.6 is 11.3 Å². The van der Waals surface area contributed by atoms with Crippen molar-refractivity contribution in [2.24, 2.45) is 0 Å². The van der Waals surface area contributed by atoms with E-state index in [1.54, 1.807) is 11.6 Å². The molecule has 20 heavy (non-hydrogen) atoms. The quantitative estimate of drug-likeness (QED) is 0.765. The van der Waals surface area contributed by atoms with Crippen LogP contribution in [0.3, 0.4) is 0 Å². The molecule has 0 aliphatic heterocycles. The summed E-state index contributed by atoms with van der Waals surface area (Å²) in [6.45, 7) is 0.444. The number of rotatable bonds is 4. The van der Waals surface area contributed by atoms with Gasteiger partial charge in [-0.2, -0.15) is 0 Å². The summed E-state index contributed by atoms with van der Waals surface area (Å²) in [6, 6.07) is 7.28. The molecule has 0 radical (unpaired) electrons. The predicted octanol–water partition coefficient (Wildman–Crippen LogP) is 2.40. The molecule has 0 saturated carbocycles. The summed E-state index contributed by atoms with van der Waals surface area (Å²) >= 11 is 1.49. The van der Waals surface area contributed by atoms with Gasteiger partial charge in [-0.25, -0.2) is 9.78 Å². The molecule has 0 aliphatic carbocycles. The van der Waals surface area contributed by atoms with Crippen LogP contribution in [-0.4, -0.2) is 26.3 Å². The fourth-order valence-electron chi connectivity index (χ4n) is 1.89. The molecule has 2 N–H and O–H groups in total. The Morgan fingerprint density at radius 1 is 1.30 bits per heavy atom. The molecular weight excluding hydrogens is 276 g/mol. The van der Waals surface area contributed by atoms with Gasteiger partial charge in [-0.1, -0.05) is 18.2 Å². The highest BCUT2D eigenvalue weighted by atomic mass is 32.1. The summed E-state index contributed by atoms with van der Waals surface area (Å²) < 4.78 is 0. The minimum absolute atomic E-state index is 0.0843. The van der Waals surface area contributed by atoms with Crippen molar-refractivity contribution in [3.8, 4) is 0 Å². The first-order valence-electron chi connectivity index (χ1n) is 5.85. The molecule has 3 aromatic rings. The fraction of sp³-hybridized carbons (Fsp3) is 0.0769. The Morgan fingerprint density at radius 3 is 2.90 bits per heavy atom. The summed E-state index contributed by atoms with van der Waals surface area (Å²) in [5.41, 5.74) is 3.62. The van der Waals surface area contributed by atoms with Gasteiger partial charge >= 0.3 is 5.97 Å². The molecule has 0 atom stereocenters. The highest BCUT2D eigenvalue weighted by Gasteiger charge is 2.16. The lowest BCUT2D eigenvalue weighted by atomic mass is 10.1. The average Bonchev–Trinajstić information content (AvgIpc) is 2.97. The molecule has 0 amide bonds. The molecule has 0 aliphatic rings. The summed E-state index contributed by atoms with van der Waals surface area (Å²) in [6.07, 6.45) is 0. The maximum Gasteiger partial charge on any atom is 0.358 e. The first-order chi connectivity index (χ1) is 9.75. The maximum absolute atomic E-state index is 11.3. The molecule has 1 aromatic carbocycles. The first-order valence-corrected chi connectivity index (χ1v) is 6.79. The van der Waals surface area contributed by atoms with E-state index in [0.29, 0.717) is 17.7 Å². The van der Waals surface area contributed by atoms with E-state index in [9.17, 15) is 9.90 Å². The number of aromatic nitrogens is 3. The van der Waals surface area contributed by atoms with Crippen molar-refractivity contribution in [1.82, 2.24) is 15.2 Å². The van der Waals surface area contributed by atoms with Crippen LogP contribution in [0.15, 0.2) is 35.2 Å². The lowest BCUT2D eigenvalue weighted by Gasteiger charge is -2.10. The number of carboxylic acid groups (broad SMARTS) is 1. The van der Waals surface area contributed by atoms with Gasteiger partial charge in [0, 0.05) is 10.8 Å². The van der Waals surface area contributed by atoms with Crippen molar-refractivity contribution in [2.45, 2.75) is 6.54 Å². The first kappa shape index (κ1) is 12.5. The van der Waals surface area contributed by atoms with E-state index in [2.05, 4.69) is 20.5 Å². The number of anilines is 1. The summed E-state index contributed by atoms with van der Waals surface area (Å²) in [7, 11) is 0. The van der Waals surface area contributed by atoms with Crippen LogP contribution in [0.4, 0.5) is 5.69 Å². The molecule has 0 bridgehead atoms. The number of fused-ring (bicyclic) bond motifs is 1. The number of nitrogens with zero attached hydrogens (tertiary/aromatic N) is 3. The lowest BCUT2D eigenvalue weighted by molar-refractivity contribution is 0.0690. The fourth-order valence-corrected chi connectivity index (χ4v) is 2.44. The molecule has 3 rings (SSSR count). The molecule has 0 unspecified atom stereocenters. The van der Waals surface area contributed by atoms with Crippen molar-refractivity contribution in [3.63, 3.8) is 0 Å². The van der Waals surface area contributed by atoms with Crippen molar-refractivity contribution < 1.29 is 9.90 Å². The molecule has 7 heteroatoms. The predicted molar refractivity (Wildman–Crippen MR) is 75.9 cm³/mol. The van der Waals surface area contributed by atoms with Crippen LogP contribution in [0, 0.1) is 0 Å². The topological polar surface area (TPSA) is 88.0 Å². The third kappa shape index (κ3) is 2.30. The van der Waals surface area contributed by atoms with Crippen molar-refractivity contribution >= 4 is 33.9 Å². The van der Waals surface area contributed by atoms with Gasteiger partial charge < -0.3 is 10.4 Å². The second kappa shape index (κ2) is 5.22. The van der Waals surface area contributed by atoms with Gasteiger partial charge in [0.05, 0.1) is 29.0 Å². The Kier molecular flexibility index (Phi) is 3.26. The SMILES string of the molecule is O=C(O)c1nnc2ccccc2c1NCc1cscn1. The van der Waals surface area contributed by atoms with Crippen molar-refractivity contribution in [3.05, 3.63) is 46.5 Å². The van der Waals surface area contributed by atoms with E-state index in [4.69, 9.17) is 0 Å². The minimum Gasteiger partial charge on any atom is -0.476 e. The number of hydrogen-bond donors (Lipinski definition) is 2. The van der Waals surface area contributed by atoms with Crippen LogP contribution in [0.25, 0.3) is 10.9 Å². The zero-order valence-corrected chi connectivity index (χ0v) is 11.1. The largest absolute Gasteiger partial charge is 0.476 e.